The largest absolute Gasteiger partial charge is 0.497 e. The summed E-state index contributed by atoms with van der Waals surface area (Å²) in [7, 11) is 2.97. The highest BCUT2D eigenvalue weighted by Crippen LogP contribution is 2.22. The second-order valence-corrected chi connectivity index (χ2v) is 5.99. The van der Waals surface area contributed by atoms with Gasteiger partial charge in [0.2, 0.25) is 0 Å². The van der Waals surface area contributed by atoms with Crippen molar-refractivity contribution in [2.45, 2.75) is 6.61 Å². The summed E-state index contributed by atoms with van der Waals surface area (Å²) in [6.07, 6.45) is 0. The molecule has 0 spiro atoms. The van der Waals surface area contributed by atoms with Gasteiger partial charge in [0.25, 0.3) is 5.91 Å². The number of aromatic nitrogens is 1. The Bertz CT molecular complexity index is 962. The van der Waals surface area contributed by atoms with Crippen LogP contribution in [0.5, 0.6) is 11.5 Å². The quantitative estimate of drug-likeness (QED) is 0.585. The van der Waals surface area contributed by atoms with Crippen LogP contribution in [0.15, 0.2) is 59.1 Å². The normalized spacial score (nSPS) is 10.3. The molecule has 8 heteroatoms. The average Bonchev–Trinajstić information content (AvgIpc) is 3.25. The minimum atomic E-state index is -0.600. The number of hydrogen-bond donors (Lipinski definition) is 1. The van der Waals surface area contributed by atoms with E-state index in [1.54, 1.807) is 24.3 Å². The number of amides is 1. The van der Waals surface area contributed by atoms with Crippen molar-refractivity contribution in [2.75, 3.05) is 20.8 Å². The molecule has 1 N–H and O–H groups in total. The van der Waals surface area contributed by atoms with Gasteiger partial charge in [-0.25, -0.2) is 0 Å². The number of ether oxygens (including phenoxy) is 3. The van der Waals surface area contributed by atoms with Crippen LogP contribution in [0.25, 0.3) is 11.3 Å². The van der Waals surface area contributed by atoms with Crippen molar-refractivity contribution in [3.63, 3.8) is 0 Å². The Hall–Kier alpha value is -3.81. The summed E-state index contributed by atoms with van der Waals surface area (Å²) in [5.41, 5.74) is 1.65. The van der Waals surface area contributed by atoms with Crippen LogP contribution in [0.1, 0.15) is 16.1 Å². The molecule has 0 atom stereocenters. The lowest BCUT2D eigenvalue weighted by Crippen LogP contribution is -2.30. The Morgan fingerprint density at radius 1 is 1.00 bits per heavy atom. The maximum absolute atomic E-state index is 12.3. The Balaban J connectivity index is 1.50. The second-order valence-electron chi connectivity index (χ2n) is 5.99. The van der Waals surface area contributed by atoms with E-state index in [1.807, 2.05) is 30.3 Å². The molecule has 1 aromatic heterocycles. The summed E-state index contributed by atoms with van der Waals surface area (Å²) in [6, 6.07) is 15.9. The summed E-state index contributed by atoms with van der Waals surface area (Å²) in [5.74, 6) is 0.469. The predicted octanol–water partition coefficient (Wildman–Crippen LogP) is 2.83. The SMILES string of the molecule is COc1cc(OC)cc(C(=O)NCC(=O)OCc2cc(-c3ccccc3)on2)c1. The van der Waals surface area contributed by atoms with Gasteiger partial charge in [0.1, 0.15) is 30.3 Å². The standard InChI is InChI=1S/C21H20N2O6/c1-26-17-8-15(9-18(11-17)27-2)21(25)22-12-20(24)28-13-16-10-19(29-23-16)14-6-4-3-5-7-14/h3-11H,12-13H2,1-2H3,(H,22,25). The molecule has 0 unspecified atom stereocenters. The first-order chi connectivity index (χ1) is 14.1. The molecule has 3 rings (SSSR count). The van der Waals surface area contributed by atoms with Crippen LogP contribution in [0, 0.1) is 0 Å². The summed E-state index contributed by atoms with van der Waals surface area (Å²) in [6.45, 7) is -0.347. The van der Waals surface area contributed by atoms with Crippen molar-refractivity contribution in [1.29, 1.82) is 0 Å². The zero-order chi connectivity index (χ0) is 20.6. The van der Waals surface area contributed by atoms with Crippen molar-refractivity contribution in [1.82, 2.24) is 10.5 Å². The third-order valence-electron chi connectivity index (χ3n) is 4.01. The van der Waals surface area contributed by atoms with Crippen molar-refractivity contribution in [2.24, 2.45) is 0 Å². The van der Waals surface area contributed by atoms with Crippen LogP contribution in [0.2, 0.25) is 0 Å². The lowest BCUT2D eigenvalue weighted by molar-refractivity contribution is -0.143. The molecule has 1 heterocycles. The van der Waals surface area contributed by atoms with E-state index in [2.05, 4.69) is 10.5 Å². The Labute approximate surface area is 167 Å². The average molecular weight is 396 g/mol. The molecule has 1 amide bonds. The Morgan fingerprint density at radius 2 is 1.69 bits per heavy atom. The molecule has 3 aromatic rings. The van der Waals surface area contributed by atoms with Crippen LogP contribution in [-0.4, -0.2) is 37.8 Å². The molecule has 2 aromatic carbocycles. The fraction of sp³-hybridized carbons (Fsp3) is 0.190. The molecule has 8 nitrogen and oxygen atoms in total. The highest BCUT2D eigenvalue weighted by atomic mass is 16.5. The monoisotopic (exact) mass is 396 g/mol. The van der Waals surface area contributed by atoms with Gasteiger partial charge in [0.05, 0.1) is 14.2 Å². The lowest BCUT2D eigenvalue weighted by atomic mass is 10.2. The van der Waals surface area contributed by atoms with E-state index in [4.69, 9.17) is 18.7 Å². The molecule has 0 bridgehead atoms. The van der Waals surface area contributed by atoms with Crippen molar-refractivity contribution >= 4 is 11.9 Å². The fourth-order valence-electron chi connectivity index (χ4n) is 2.52. The minimum Gasteiger partial charge on any atom is -0.497 e. The van der Waals surface area contributed by atoms with E-state index in [0.29, 0.717) is 28.5 Å². The first-order valence-electron chi connectivity index (χ1n) is 8.77. The number of nitrogens with one attached hydrogen (secondary N) is 1. The fourth-order valence-corrected chi connectivity index (χ4v) is 2.52. The molecular weight excluding hydrogens is 376 g/mol. The molecule has 0 aliphatic heterocycles. The number of carbonyl (C=O) groups is 2. The smallest absolute Gasteiger partial charge is 0.325 e. The number of benzene rings is 2. The van der Waals surface area contributed by atoms with E-state index in [1.165, 1.54) is 14.2 Å². The van der Waals surface area contributed by atoms with Crippen LogP contribution < -0.4 is 14.8 Å². The van der Waals surface area contributed by atoms with Gasteiger partial charge >= 0.3 is 5.97 Å². The van der Waals surface area contributed by atoms with Gasteiger partial charge in [-0.2, -0.15) is 0 Å². The van der Waals surface area contributed by atoms with Crippen LogP contribution in [-0.2, 0) is 16.1 Å². The van der Waals surface area contributed by atoms with Crippen LogP contribution in [0.3, 0.4) is 0 Å². The van der Waals surface area contributed by atoms with Crippen LogP contribution >= 0.6 is 0 Å². The number of esters is 1. The third kappa shape index (κ3) is 5.35. The number of rotatable bonds is 8. The summed E-state index contributed by atoms with van der Waals surface area (Å²) in [4.78, 5) is 24.2. The van der Waals surface area contributed by atoms with E-state index >= 15 is 0 Å². The summed E-state index contributed by atoms with van der Waals surface area (Å²) in [5, 5.41) is 6.38. The molecule has 150 valence electrons. The van der Waals surface area contributed by atoms with E-state index in [0.717, 1.165) is 5.56 Å². The van der Waals surface area contributed by atoms with E-state index < -0.39 is 11.9 Å². The lowest BCUT2D eigenvalue weighted by Gasteiger charge is -2.09. The van der Waals surface area contributed by atoms with E-state index in [9.17, 15) is 9.59 Å². The van der Waals surface area contributed by atoms with Gasteiger partial charge in [0.15, 0.2) is 5.76 Å². The zero-order valence-corrected chi connectivity index (χ0v) is 16.0. The van der Waals surface area contributed by atoms with Gasteiger partial charge in [0, 0.05) is 23.3 Å². The Kier molecular flexibility index (Phi) is 6.47. The molecule has 0 saturated carbocycles. The predicted molar refractivity (Wildman–Crippen MR) is 104 cm³/mol. The summed E-state index contributed by atoms with van der Waals surface area (Å²) < 4.78 is 20.6. The van der Waals surface area contributed by atoms with Crippen molar-refractivity contribution in [3.05, 3.63) is 65.9 Å². The topological polar surface area (TPSA) is 99.9 Å². The van der Waals surface area contributed by atoms with Gasteiger partial charge in [-0.15, -0.1) is 0 Å². The molecule has 0 radical (unpaired) electrons. The number of methoxy groups -OCH3 is 2. The second kappa shape index (κ2) is 9.41. The number of hydrogen-bond acceptors (Lipinski definition) is 7. The van der Waals surface area contributed by atoms with Crippen LogP contribution in [0.4, 0.5) is 0 Å². The molecular formula is C21H20N2O6. The van der Waals surface area contributed by atoms with Gasteiger partial charge in [-0.05, 0) is 12.1 Å². The first-order valence-corrected chi connectivity index (χ1v) is 8.77. The maximum atomic E-state index is 12.3. The molecule has 0 aliphatic carbocycles. The Morgan fingerprint density at radius 3 is 2.34 bits per heavy atom. The number of nitrogens with zero attached hydrogens (tertiary/aromatic N) is 1. The highest BCUT2D eigenvalue weighted by Gasteiger charge is 2.13. The maximum Gasteiger partial charge on any atom is 0.325 e. The van der Waals surface area contributed by atoms with Gasteiger partial charge < -0.3 is 24.1 Å². The highest BCUT2D eigenvalue weighted by molar-refractivity contribution is 5.96. The van der Waals surface area contributed by atoms with Crippen molar-refractivity contribution < 1.29 is 28.3 Å². The number of carbonyl (C=O) groups excluding carboxylic acids is 2. The molecule has 0 saturated heterocycles. The zero-order valence-electron chi connectivity index (χ0n) is 16.0. The molecule has 0 fully saturated rings. The molecule has 29 heavy (non-hydrogen) atoms. The minimum absolute atomic E-state index is 0.0575. The van der Waals surface area contributed by atoms with Crippen molar-refractivity contribution in [3.8, 4) is 22.8 Å². The van der Waals surface area contributed by atoms with Gasteiger partial charge in [-0.1, -0.05) is 35.5 Å². The third-order valence-corrected chi connectivity index (χ3v) is 4.01. The summed E-state index contributed by atoms with van der Waals surface area (Å²) >= 11 is 0. The molecule has 0 aliphatic rings. The first kappa shape index (κ1) is 19.9. The van der Waals surface area contributed by atoms with Gasteiger partial charge in [-0.3, -0.25) is 9.59 Å². The van der Waals surface area contributed by atoms with E-state index in [-0.39, 0.29) is 13.2 Å².